The molecule has 1 rings (SSSR count). The summed E-state index contributed by atoms with van der Waals surface area (Å²) in [5, 5.41) is 2.40. The predicted molar refractivity (Wildman–Crippen MR) is 75.4 cm³/mol. The van der Waals surface area contributed by atoms with Crippen LogP contribution in [-0.4, -0.2) is 19.6 Å². The fraction of sp³-hybridized carbons (Fsp3) is 0.600. The Labute approximate surface area is 106 Å². The van der Waals surface area contributed by atoms with Crippen LogP contribution in [0.2, 0.25) is 0 Å². The van der Waals surface area contributed by atoms with E-state index in [0.29, 0.717) is 0 Å². The first-order valence-corrected chi connectivity index (χ1v) is 6.97. The van der Waals surface area contributed by atoms with Crippen LogP contribution in [0.3, 0.4) is 0 Å². The molecule has 0 spiro atoms. The molecule has 96 valence electrons. The molecule has 0 unspecified atom stereocenters. The highest BCUT2D eigenvalue weighted by Crippen LogP contribution is 2.14. The number of quaternary nitrogens is 1. The lowest BCUT2D eigenvalue weighted by Crippen LogP contribution is -2.82. The topological polar surface area (TPSA) is 19.9 Å². The van der Waals surface area contributed by atoms with Gasteiger partial charge in [0.2, 0.25) is 0 Å². The number of hydrogen-bond donors (Lipinski definition) is 1. The van der Waals surface area contributed by atoms with Crippen LogP contribution in [0, 0.1) is 0 Å². The van der Waals surface area contributed by atoms with Gasteiger partial charge in [-0.05, 0) is 32.4 Å². The summed E-state index contributed by atoms with van der Waals surface area (Å²) in [7, 11) is 0. The molecule has 1 aromatic rings. The largest absolute Gasteiger partial charge is 0.372 e. The second kappa shape index (κ2) is 8.13. The van der Waals surface area contributed by atoms with Gasteiger partial charge in [-0.15, -0.1) is 0 Å². The van der Waals surface area contributed by atoms with Crippen molar-refractivity contribution >= 4 is 5.69 Å². The van der Waals surface area contributed by atoms with Crippen molar-refractivity contribution in [3.63, 3.8) is 0 Å². The summed E-state index contributed by atoms with van der Waals surface area (Å²) < 4.78 is 0. The molecule has 0 aliphatic rings. The van der Waals surface area contributed by atoms with Crippen molar-refractivity contribution < 1.29 is 5.32 Å². The first-order chi connectivity index (χ1) is 8.31. The van der Waals surface area contributed by atoms with E-state index in [1.807, 2.05) is 0 Å². The zero-order valence-electron chi connectivity index (χ0n) is 11.6. The van der Waals surface area contributed by atoms with Crippen molar-refractivity contribution in [1.29, 1.82) is 0 Å². The maximum absolute atomic E-state index is 2.40. The quantitative estimate of drug-likeness (QED) is 0.686. The molecule has 0 bridgehead atoms. The highest BCUT2D eigenvalue weighted by Gasteiger charge is 2.01. The summed E-state index contributed by atoms with van der Waals surface area (Å²) in [4.78, 5) is 2.38. The summed E-state index contributed by atoms with van der Waals surface area (Å²) in [6.07, 6.45) is 2.61. The van der Waals surface area contributed by atoms with Crippen molar-refractivity contribution in [1.82, 2.24) is 0 Å². The van der Waals surface area contributed by atoms with Crippen LogP contribution >= 0.6 is 0 Å². The van der Waals surface area contributed by atoms with Crippen molar-refractivity contribution in [3.05, 3.63) is 29.8 Å². The highest BCUT2D eigenvalue weighted by molar-refractivity contribution is 5.47. The van der Waals surface area contributed by atoms with Crippen molar-refractivity contribution in [2.75, 3.05) is 24.5 Å². The highest BCUT2D eigenvalue weighted by atomic mass is 15.1. The van der Waals surface area contributed by atoms with E-state index in [2.05, 4.69) is 55.3 Å². The summed E-state index contributed by atoms with van der Waals surface area (Å²) in [5.41, 5.74) is 2.77. The average Bonchev–Trinajstić information content (AvgIpc) is 2.38. The molecule has 2 nitrogen and oxygen atoms in total. The second-order valence-corrected chi connectivity index (χ2v) is 4.47. The Morgan fingerprint density at radius 2 is 1.65 bits per heavy atom. The van der Waals surface area contributed by atoms with Gasteiger partial charge < -0.3 is 10.2 Å². The average molecular weight is 235 g/mol. The molecule has 0 aliphatic heterocycles. The van der Waals surface area contributed by atoms with E-state index in [1.165, 1.54) is 30.6 Å². The van der Waals surface area contributed by atoms with E-state index in [0.717, 1.165) is 19.6 Å². The Kier molecular flexibility index (Phi) is 6.71. The SMILES string of the molecule is CCCC[NH2+]Cc1ccc(N(CC)CC)cc1. The number of unbranched alkanes of at least 4 members (excludes halogenated alkanes) is 1. The lowest BCUT2D eigenvalue weighted by atomic mass is 10.2. The Morgan fingerprint density at radius 3 is 2.18 bits per heavy atom. The Morgan fingerprint density at radius 1 is 1.00 bits per heavy atom. The van der Waals surface area contributed by atoms with Crippen LogP contribution in [0.5, 0.6) is 0 Å². The summed E-state index contributed by atoms with van der Waals surface area (Å²) >= 11 is 0. The minimum Gasteiger partial charge on any atom is -0.372 e. The maximum Gasteiger partial charge on any atom is 0.101 e. The predicted octanol–water partition coefficient (Wildman–Crippen LogP) is 2.40. The summed E-state index contributed by atoms with van der Waals surface area (Å²) in [6.45, 7) is 11.2. The van der Waals surface area contributed by atoms with E-state index in [-0.39, 0.29) is 0 Å². The second-order valence-electron chi connectivity index (χ2n) is 4.47. The Bertz CT molecular complexity index is 288. The fourth-order valence-corrected chi connectivity index (χ4v) is 2.05. The molecule has 1 aromatic carbocycles. The Balaban J connectivity index is 2.44. The molecule has 2 N–H and O–H groups in total. The van der Waals surface area contributed by atoms with E-state index < -0.39 is 0 Å². The molecule has 0 aromatic heterocycles. The van der Waals surface area contributed by atoms with Gasteiger partial charge in [-0.3, -0.25) is 0 Å². The number of benzene rings is 1. The third kappa shape index (κ3) is 4.78. The Hall–Kier alpha value is -1.02. The third-order valence-electron chi connectivity index (χ3n) is 3.21. The van der Waals surface area contributed by atoms with Crippen molar-refractivity contribution in [2.24, 2.45) is 0 Å². The van der Waals surface area contributed by atoms with Gasteiger partial charge in [0.1, 0.15) is 6.54 Å². The zero-order valence-corrected chi connectivity index (χ0v) is 11.6. The molecule has 0 radical (unpaired) electrons. The van der Waals surface area contributed by atoms with Gasteiger partial charge in [-0.25, -0.2) is 0 Å². The zero-order chi connectivity index (χ0) is 12.5. The summed E-state index contributed by atoms with van der Waals surface area (Å²) in [5.74, 6) is 0. The molecule has 0 amide bonds. The van der Waals surface area contributed by atoms with Crippen LogP contribution in [0.25, 0.3) is 0 Å². The number of hydrogen-bond acceptors (Lipinski definition) is 1. The van der Waals surface area contributed by atoms with Gasteiger partial charge in [0.05, 0.1) is 6.54 Å². The number of nitrogens with zero attached hydrogens (tertiary/aromatic N) is 1. The fourth-order valence-electron chi connectivity index (χ4n) is 2.05. The van der Waals surface area contributed by atoms with Gasteiger partial charge >= 0.3 is 0 Å². The molecule has 0 saturated carbocycles. The van der Waals surface area contributed by atoms with Crippen LogP contribution in [-0.2, 0) is 6.54 Å². The molecule has 0 atom stereocenters. The first-order valence-electron chi connectivity index (χ1n) is 6.97. The van der Waals surface area contributed by atoms with Gasteiger partial charge in [0.15, 0.2) is 0 Å². The van der Waals surface area contributed by atoms with Gasteiger partial charge in [0.25, 0.3) is 0 Å². The molecule has 0 heterocycles. The molecule has 2 heteroatoms. The standard InChI is InChI=1S/C15H26N2/c1-4-7-12-16-13-14-8-10-15(11-9-14)17(5-2)6-3/h8-11,16H,4-7,12-13H2,1-3H3/p+1. The van der Waals surface area contributed by atoms with Crippen molar-refractivity contribution in [3.8, 4) is 0 Å². The third-order valence-corrected chi connectivity index (χ3v) is 3.21. The van der Waals surface area contributed by atoms with Gasteiger partial charge in [-0.2, -0.15) is 0 Å². The number of rotatable bonds is 8. The van der Waals surface area contributed by atoms with E-state index in [1.54, 1.807) is 0 Å². The van der Waals surface area contributed by atoms with Crippen LogP contribution in [0.4, 0.5) is 5.69 Å². The molecule has 0 fully saturated rings. The summed E-state index contributed by atoms with van der Waals surface area (Å²) in [6, 6.07) is 9.01. The van der Waals surface area contributed by atoms with E-state index in [4.69, 9.17) is 0 Å². The normalized spacial score (nSPS) is 10.5. The van der Waals surface area contributed by atoms with Gasteiger partial charge in [-0.1, -0.05) is 25.5 Å². The molecular formula is C15H27N2+. The molecule has 17 heavy (non-hydrogen) atoms. The van der Waals surface area contributed by atoms with E-state index >= 15 is 0 Å². The van der Waals surface area contributed by atoms with Crippen molar-refractivity contribution in [2.45, 2.75) is 40.2 Å². The minimum absolute atomic E-state index is 1.08. The number of anilines is 1. The minimum atomic E-state index is 1.08. The lowest BCUT2D eigenvalue weighted by Gasteiger charge is -2.20. The maximum atomic E-state index is 2.40. The smallest absolute Gasteiger partial charge is 0.101 e. The van der Waals surface area contributed by atoms with Gasteiger partial charge in [0, 0.05) is 24.3 Å². The molecule has 0 saturated heterocycles. The monoisotopic (exact) mass is 235 g/mol. The lowest BCUT2D eigenvalue weighted by molar-refractivity contribution is -0.670. The van der Waals surface area contributed by atoms with E-state index in [9.17, 15) is 0 Å². The molecule has 0 aliphatic carbocycles. The molecular weight excluding hydrogens is 208 g/mol. The van der Waals surface area contributed by atoms with Crippen LogP contribution in [0.1, 0.15) is 39.2 Å². The van der Waals surface area contributed by atoms with Crippen LogP contribution in [0.15, 0.2) is 24.3 Å². The first kappa shape index (κ1) is 14.0. The van der Waals surface area contributed by atoms with Crippen LogP contribution < -0.4 is 10.2 Å². The number of nitrogens with two attached hydrogens (primary N) is 1.